The van der Waals surface area contributed by atoms with E-state index in [9.17, 15) is 0 Å². The Kier molecular flexibility index (Phi) is 22.0. The largest absolute Gasteiger partial charge is 0.303 e. The van der Waals surface area contributed by atoms with Crippen LogP contribution in [0, 0.1) is 5.41 Å². The van der Waals surface area contributed by atoms with Crippen LogP contribution in [0.25, 0.3) is 0 Å². The Morgan fingerprint density at radius 1 is 0.410 bits per heavy atom. The van der Waals surface area contributed by atoms with Gasteiger partial charge in [0.25, 0.3) is 0 Å². The van der Waals surface area contributed by atoms with Crippen molar-refractivity contribution in [3.8, 4) is 0 Å². The van der Waals surface area contributed by atoms with Crippen LogP contribution < -0.4 is 0 Å². The molecular weight excluding hydrogens is 476 g/mol. The predicted octanol–water partition coefficient (Wildman–Crippen LogP) is 7.75. The van der Waals surface area contributed by atoms with Gasteiger partial charge in [0.1, 0.15) is 0 Å². The number of hydrogen-bond donors (Lipinski definition) is 0. The Morgan fingerprint density at radius 2 is 0.667 bits per heavy atom. The van der Waals surface area contributed by atoms with Gasteiger partial charge in [0.2, 0.25) is 0 Å². The molecular formula is C35H64N4. The van der Waals surface area contributed by atoms with E-state index in [0.29, 0.717) is 0 Å². The topological polar surface area (TPSA) is 13.0 Å². The zero-order valence-electron chi connectivity index (χ0n) is 27.5. The van der Waals surface area contributed by atoms with Crippen molar-refractivity contribution in [2.45, 2.75) is 82.3 Å². The van der Waals surface area contributed by atoms with Gasteiger partial charge in [-0.3, -0.25) is 4.90 Å². The fraction of sp³-hybridized carbons (Fsp3) is 0.657. The predicted molar refractivity (Wildman–Crippen MR) is 175 cm³/mol. The van der Waals surface area contributed by atoms with Crippen molar-refractivity contribution in [1.29, 1.82) is 0 Å². The van der Waals surface area contributed by atoms with Crippen LogP contribution in [0.1, 0.15) is 80.4 Å². The van der Waals surface area contributed by atoms with Crippen LogP contribution in [-0.4, -0.2) is 85.0 Å². The number of hydrogen-bond acceptors (Lipinski definition) is 4. The van der Waals surface area contributed by atoms with Crippen molar-refractivity contribution in [1.82, 2.24) is 19.6 Å². The Balaban J connectivity index is 0.00000344. The van der Waals surface area contributed by atoms with E-state index in [0.717, 1.165) is 78.5 Å². The van der Waals surface area contributed by atoms with Crippen molar-refractivity contribution in [2.24, 2.45) is 5.41 Å². The van der Waals surface area contributed by atoms with E-state index in [4.69, 9.17) is 0 Å². The first kappa shape index (κ1) is 37.3. The molecule has 0 fully saturated rings. The van der Waals surface area contributed by atoms with Gasteiger partial charge in [0.15, 0.2) is 0 Å². The first-order valence-electron chi connectivity index (χ1n) is 16.0. The summed E-state index contributed by atoms with van der Waals surface area (Å²) >= 11 is 0. The van der Waals surface area contributed by atoms with E-state index in [1.54, 1.807) is 0 Å². The van der Waals surface area contributed by atoms with Crippen molar-refractivity contribution >= 4 is 0 Å². The van der Waals surface area contributed by atoms with Gasteiger partial charge in [-0.2, -0.15) is 0 Å². The molecule has 0 aromatic heterocycles. The SMILES string of the molecule is CC.CC.CCN(CC)CC(CN(CC)CC)(CN(CC)CC)CN(Cc1ccccc1)Cc1ccccc1. The summed E-state index contributed by atoms with van der Waals surface area (Å²) in [5.74, 6) is 0. The summed E-state index contributed by atoms with van der Waals surface area (Å²) in [5.41, 5.74) is 2.95. The number of benzene rings is 2. The van der Waals surface area contributed by atoms with Crippen LogP contribution in [0.3, 0.4) is 0 Å². The molecule has 0 aliphatic rings. The maximum absolute atomic E-state index is 2.71. The molecule has 0 spiro atoms. The molecule has 0 radical (unpaired) electrons. The van der Waals surface area contributed by atoms with Gasteiger partial charge in [-0.15, -0.1) is 0 Å². The summed E-state index contributed by atoms with van der Waals surface area (Å²) in [4.78, 5) is 10.7. The van der Waals surface area contributed by atoms with Crippen molar-refractivity contribution in [2.75, 3.05) is 65.4 Å². The Hall–Kier alpha value is -1.72. The molecule has 0 unspecified atom stereocenters. The molecule has 224 valence electrons. The molecule has 2 rings (SSSR count). The van der Waals surface area contributed by atoms with Crippen LogP contribution in [0.5, 0.6) is 0 Å². The van der Waals surface area contributed by atoms with E-state index < -0.39 is 0 Å². The lowest BCUT2D eigenvalue weighted by molar-refractivity contribution is 0.0247. The highest BCUT2D eigenvalue weighted by atomic mass is 15.2. The summed E-state index contributed by atoms with van der Waals surface area (Å²) < 4.78 is 0. The standard InChI is InChI=1S/C31H52N4.2C2H6/c1-7-32(8-2)25-31(26-33(9-3)10-4,27-34(11-5)12-6)28-35(23-29-19-15-13-16-20-29)24-30-21-17-14-18-22-30;2*1-2/h13-22H,7-12,23-28H2,1-6H3;2*1-2H3. The minimum atomic E-state index is 0.160. The van der Waals surface area contributed by atoms with Crippen LogP contribution >= 0.6 is 0 Å². The van der Waals surface area contributed by atoms with E-state index in [-0.39, 0.29) is 5.41 Å². The summed E-state index contributed by atoms with van der Waals surface area (Å²) in [7, 11) is 0. The Bertz CT molecular complexity index is 690. The van der Waals surface area contributed by atoms with Gasteiger partial charge in [0.05, 0.1) is 0 Å². The van der Waals surface area contributed by atoms with Gasteiger partial charge in [0, 0.05) is 44.7 Å². The molecule has 0 saturated carbocycles. The average Bonchev–Trinajstić information content (AvgIpc) is 3.00. The van der Waals surface area contributed by atoms with Gasteiger partial charge in [-0.05, 0) is 50.4 Å². The second kappa shape index (κ2) is 23.0. The van der Waals surface area contributed by atoms with E-state index in [1.165, 1.54) is 11.1 Å². The average molecular weight is 541 g/mol. The van der Waals surface area contributed by atoms with Crippen molar-refractivity contribution in [3.05, 3.63) is 71.8 Å². The second-order valence-electron chi connectivity index (χ2n) is 10.0. The summed E-state index contributed by atoms with van der Waals surface area (Å²) in [6.45, 7) is 34.9. The smallest absolute Gasteiger partial charge is 0.0237 e. The highest BCUT2D eigenvalue weighted by molar-refractivity contribution is 5.17. The molecule has 0 bridgehead atoms. The molecule has 0 saturated heterocycles. The van der Waals surface area contributed by atoms with Crippen molar-refractivity contribution in [3.63, 3.8) is 0 Å². The molecule has 2 aromatic carbocycles. The summed E-state index contributed by atoms with van der Waals surface area (Å²) in [5, 5.41) is 0. The fourth-order valence-electron chi connectivity index (χ4n) is 5.39. The van der Waals surface area contributed by atoms with Crippen LogP contribution in [-0.2, 0) is 13.1 Å². The lowest BCUT2D eigenvalue weighted by Gasteiger charge is -2.46. The summed E-state index contributed by atoms with van der Waals surface area (Å²) in [6, 6.07) is 22.0. The molecule has 0 aliphatic heterocycles. The van der Waals surface area contributed by atoms with Gasteiger partial charge < -0.3 is 14.7 Å². The van der Waals surface area contributed by atoms with Crippen LogP contribution in [0.4, 0.5) is 0 Å². The monoisotopic (exact) mass is 541 g/mol. The zero-order chi connectivity index (χ0) is 29.5. The van der Waals surface area contributed by atoms with Crippen LogP contribution in [0.15, 0.2) is 60.7 Å². The maximum atomic E-state index is 2.71. The first-order valence-corrected chi connectivity index (χ1v) is 16.0. The lowest BCUT2D eigenvalue weighted by atomic mass is 9.84. The molecule has 0 amide bonds. The third kappa shape index (κ3) is 14.5. The summed E-state index contributed by atoms with van der Waals surface area (Å²) in [6.07, 6.45) is 0. The minimum absolute atomic E-state index is 0.160. The van der Waals surface area contributed by atoms with Gasteiger partial charge in [-0.1, -0.05) is 130 Å². The third-order valence-corrected chi connectivity index (χ3v) is 7.42. The third-order valence-electron chi connectivity index (χ3n) is 7.42. The fourth-order valence-corrected chi connectivity index (χ4v) is 5.39. The zero-order valence-corrected chi connectivity index (χ0v) is 27.5. The highest BCUT2D eigenvalue weighted by Crippen LogP contribution is 2.27. The van der Waals surface area contributed by atoms with E-state index in [1.807, 2.05) is 27.7 Å². The first-order chi connectivity index (χ1) is 19.0. The molecule has 2 aromatic rings. The van der Waals surface area contributed by atoms with E-state index in [2.05, 4.69) is 122 Å². The quantitative estimate of drug-likeness (QED) is 0.192. The van der Waals surface area contributed by atoms with Crippen molar-refractivity contribution < 1.29 is 0 Å². The molecule has 0 heterocycles. The lowest BCUT2D eigenvalue weighted by Crippen LogP contribution is -2.56. The number of rotatable bonds is 18. The molecule has 39 heavy (non-hydrogen) atoms. The van der Waals surface area contributed by atoms with Gasteiger partial charge in [-0.25, -0.2) is 0 Å². The Labute approximate surface area is 244 Å². The molecule has 0 N–H and O–H groups in total. The molecule has 4 nitrogen and oxygen atoms in total. The molecule has 4 heteroatoms. The molecule has 0 atom stereocenters. The normalized spacial score (nSPS) is 11.4. The number of nitrogens with zero attached hydrogens (tertiary/aromatic N) is 4. The van der Waals surface area contributed by atoms with E-state index >= 15 is 0 Å². The Morgan fingerprint density at radius 3 is 0.923 bits per heavy atom. The molecule has 0 aliphatic carbocycles. The van der Waals surface area contributed by atoms with Crippen LogP contribution in [0.2, 0.25) is 0 Å². The second-order valence-corrected chi connectivity index (χ2v) is 10.0. The maximum Gasteiger partial charge on any atom is 0.0237 e. The minimum Gasteiger partial charge on any atom is -0.303 e. The van der Waals surface area contributed by atoms with Gasteiger partial charge >= 0.3 is 0 Å². The highest BCUT2D eigenvalue weighted by Gasteiger charge is 2.37.